The molecule has 0 saturated heterocycles. The van der Waals surface area contributed by atoms with Crippen molar-refractivity contribution < 1.29 is 27.4 Å². The van der Waals surface area contributed by atoms with Crippen molar-refractivity contribution in [3.63, 3.8) is 0 Å². The fourth-order valence-corrected chi connectivity index (χ4v) is 4.44. The zero-order valence-corrected chi connectivity index (χ0v) is 20.0. The van der Waals surface area contributed by atoms with Crippen molar-refractivity contribution in [1.29, 1.82) is 0 Å². The molecule has 0 radical (unpaired) electrons. The summed E-state index contributed by atoms with van der Waals surface area (Å²) in [4.78, 5) is 3.98. The van der Waals surface area contributed by atoms with Crippen LogP contribution in [0, 0.1) is 5.82 Å². The minimum atomic E-state index is -4.97. The fraction of sp³-hybridized carbons (Fsp3) is 0.308. The van der Waals surface area contributed by atoms with Crippen molar-refractivity contribution in [3.05, 3.63) is 78.5 Å². The van der Waals surface area contributed by atoms with Crippen LogP contribution in [0.2, 0.25) is 0 Å². The molecule has 4 aromatic rings. The number of aromatic nitrogens is 3. The van der Waals surface area contributed by atoms with E-state index in [1.165, 1.54) is 33.1 Å². The van der Waals surface area contributed by atoms with Gasteiger partial charge in [0.15, 0.2) is 5.60 Å². The molecule has 190 valence electrons. The highest BCUT2D eigenvalue weighted by Crippen LogP contribution is 2.44. The summed E-state index contributed by atoms with van der Waals surface area (Å²) in [7, 11) is 1.36. The first-order valence-electron chi connectivity index (χ1n) is 11.2. The Morgan fingerprint density at radius 1 is 1.06 bits per heavy atom. The molecule has 0 amide bonds. The molecule has 2 N–H and O–H groups in total. The normalized spacial score (nSPS) is 14.0. The third-order valence-electron chi connectivity index (χ3n) is 6.24. The van der Waals surface area contributed by atoms with Crippen LogP contribution >= 0.6 is 0 Å². The summed E-state index contributed by atoms with van der Waals surface area (Å²) in [5, 5.41) is 18.7. The van der Waals surface area contributed by atoms with Gasteiger partial charge >= 0.3 is 6.18 Å². The molecule has 6 nitrogen and oxygen atoms in total. The number of hydrogen-bond donors (Lipinski definition) is 2. The number of benzene rings is 2. The number of methoxy groups -OCH3 is 1. The Balaban J connectivity index is 1.65. The summed E-state index contributed by atoms with van der Waals surface area (Å²) < 4.78 is 63.6. The van der Waals surface area contributed by atoms with E-state index < -0.39 is 36.0 Å². The molecule has 0 saturated carbocycles. The maximum Gasteiger partial charge on any atom is 0.418 e. The topological polar surface area (TPSA) is 72.2 Å². The van der Waals surface area contributed by atoms with E-state index in [-0.39, 0.29) is 11.3 Å². The summed E-state index contributed by atoms with van der Waals surface area (Å²) in [6.45, 7) is 2.21. The molecule has 2 aromatic heterocycles. The molecular formula is C26H26F4N4O2. The molecule has 10 heteroatoms. The summed E-state index contributed by atoms with van der Waals surface area (Å²) >= 11 is 0. The number of aliphatic hydroxyl groups is 1. The number of fused-ring (bicyclic) bond motifs is 1. The van der Waals surface area contributed by atoms with Gasteiger partial charge in [0.25, 0.3) is 0 Å². The lowest BCUT2D eigenvalue weighted by Crippen LogP contribution is -2.53. The number of hydrogen-bond acceptors (Lipinski definition) is 5. The Hall–Kier alpha value is -3.66. The Morgan fingerprint density at radius 3 is 2.44 bits per heavy atom. The van der Waals surface area contributed by atoms with Gasteiger partial charge in [-0.05, 0) is 54.3 Å². The molecule has 2 heterocycles. The second-order valence-electron chi connectivity index (χ2n) is 9.29. The number of halogens is 4. The van der Waals surface area contributed by atoms with Gasteiger partial charge in [-0.3, -0.25) is 4.98 Å². The molecule has 2 aromatic carbocycles. The Bertz CT molecular complexity index is 1360. The number of pyridine rings is 1. The van der Waals surface area contributed by atoms with Gasteiger partial charge in [0.2, 0.25) is 0 Å². The van der Waals surface area contributed by atoms with E-state index in [2.05, 4.69) is 15.4 Å². The smallest absolute Gasteiger partial charge is 0.418 e. The van der Waals surface area contributed by atoms with Gasteiger partial charge in [0.05, 0.1) is 31.1 Å². The van der Waals surface area contributed by atoms with Crippen LogP contribution in [0.3, 0.4) is 0 Å². The third-order valence-corrected chi connectivity index (χ3v) is 6.24. The van der Waals surface area contributed by atoms with Crippen molar-refractivity contribution in [2.75, 3.05) is 19.0 Å². The lowest BCUT2D eigenvalue weighted by molar-refractivity contribution is -0.260. The van der Waals surface area contributed by atoms with Gasteiger partial charge in [-0.1, -0.05) is 19.9 Å². The van der Waals surface area contributed by atoms with Crippen LogP contribution < -0.4 is 10.1 Å². The molecule has 0 aliphatic heterocycles. The largest absolute Gasteiger partial charge is 0.496 e. The zero-order chi connectivity index (χ0) is 26.1. The van der Waals surface area contributed by atoms with Crippen LogP contribution in [0.15, 0.2) is 67.1 Å². The van der Waals surface area contributed by atoms with Gasteiger partial charge in [-0.15, -0.1) is 0 Å². The van der Waals surface area contributed by atoms with Gasteiger partial charge < -0.3 is 15.2 Å². The van der Waals surface area contributed by atoms with E-state index in [0.717, 1.165) is 11.8 Å². The van der Waals surface area contributed by atoms with E-state index in [1.807, 2.05) is 0 Å². The number of ether oxygens (including phenoxy) is 1. The van der Waals surface area contributed by atoms with E-state index in [1.54, 1.807) is 53.6 Å². The van der Waals surface area contributed by atoms with Crippen LogP contribution in [0.25, 0.3) is 16.6 Å². The van der Waals surface area contributed by atoms with E-state index in [0.29, 0.717) is 16.6 Å². The second kappa shape index (κ2) is 9.42. The predicted molar refractivity (Wildman–Crippen MR) is 129 cm³/mol. The number of nitrogens with zero attached hydrogens (tertiary/aromatic N) is 3. The van der Waals surface area contributed by atoms with Crippen LogP contribution in [0.4, 0.5) is 23.2 Å². The van der Waals surface area contributed by atoms with Crippen molar-refractivity contribution in [2.45, 2.75) is 37.5 Å². The maximum absolute atomic E-state index is 14.2. The highest BCUT2D eigenvalue weighted by atomic mass is 19.4. The summed E-state index contributed by atoms with van der Waals surface area (Å²) in [6, 6.07) is 12.3. The third kappa shape index (κ3) is 4.86. The van der Waals surface area contributed by atoms with Gasteiger partial charge in [0, 0.05) is 29.0 Å². The zero-order valence-electron chi connectivity index (χ0n) is 20.0. The SMILES string of the molecule is COc1ccc(F)cc1C(C)(C)CC(O)(CNc1cccc2c1cnn2-c1ccncc1)C(F)(F)F. The van der Waals surface area contributed by atoms with Crippen LogP contribution in [-0.2, 0) is 5.41 Å². The molecule has 0 spiro atoms. The first-order chi connectivity index (χ1) is 16.9. The van der Waals surface area contributed by atoms with E-state index in [4.69, 9.17) is 4.74 Å². The lowest BCUT2D eigenvalue weighted by Gasteiger charge is -2.38. The number of anilines is 1. The molecule has 0 aliphatic rings. The standard InChI is InChI=1S/C26H26F4N4O2/c1-24(2,20-13-17(27)7-8-23(20)36-3)15-25(35,26(28,29)30)16-32-21-5-4-6-22-19(21)14-33-34(22)18-9-11-31-12-10-18/h4-14,32,35H,15-16H2,1-3H3. The average Bonchev–Trinajstić information content (AvgIpc) is 3.27. The van der Waals surface area contributed by atoms with E-state index in [9.17, 15) is 22.7 Å². The maximum atomic E-state index is 14.2. The first-order valence-corrected chi connectivity index (χ1v) is 11.2. The second-order valence-corrected chi connectivity index (χ2v) is 9.29. The summed E-state index contributed by atoms with van der Waals surface area (Å²) in [5.74, 6) is -0.363. The first kappa shape index (κ1) is 25.4. The van der Waals surface area contributed by atoms with E-state index >= 15 is 0 Å². The van der Waals surface area contributed by atoms with Crippen LogP contribution in [0.1, 0.15) is 25.8 Å². The predicted octanol–water partition coefficient (Wildman–Crippen LogP) is 5.64. The highest BCUT2D eigenvalue weighted by molar-refractivity contribution is 5.92. The Labute approximate surface area is 205 Å². The highest BCUT2D eigenvalue weighted by Gasteiger charge is 2.56. The van der Waals surface area contributed by atoms with Gasteiger partial charge in [-0.2, -0.15) is 18.3 Å². The Kier molecular flexibility index (Phi) is 6.66. The summed E-state index contributed by atoms with van der Waals surface area (Å²) in [6.07, 6.45) is -0.921. The molecule has 0 aliphatic carbocycles. The van der Waals surface area contributed by atoms with Gasteiger partial charge in [-0.25, -0.2) is 9.07 Å². The minimum absolute atomic E-state index is 0.230. The molecule has 0 bridgehead atoms. The van der Waals surface area contributed by atoms with Crippen molar-refractivity contribution in [3.8, 4) is 11.4 Å². The molecule has 1 unspecified atom stereocenters. The van der Waals surface area contributed by atoms with Crippen molar-refractivity contribution in [2.24, 2.45) is 0 Å². The molecular weight excluding hydrogens is 476 g/mol. The number of nitrogens with one attached hydrogen (secondary N) is 1. The summed E-state index contributed by atoms with van der Waals surface area (Å²) in [5.41, 5.74) is -2.37. The number of alkyl halides is 3. The van der Waals surface area contributed by atoms with Crippen LogP contribution in [-0.4, -0.2) is 45.3 Å². The fourth-order valence-electron chi connectivity index (χ4n) is 4.44. The minimum Gasteiger partial charge on any atom is -0.496 e. The molecule has 0 fully saturated rings. The van der Waals surface area contributed by atoms with Crippen LogP contribution in [0.5, 0.6) is 5.75 Å². The molecule has 1 atom stereocenters. The van der Waals surface area contributed by atoms with Crippen molar-refractivity contribution >= 4 is 16.6 Å². The Morgan fingerprint density at radius 2 is 1.78 bits per heavy atom. The quantitative estimate of drug-likeness (QED) is 0.305. The molecule has 36 heavy (non-hydrogen) atoms. The monoisotopic (exact) mass is 502 g/mol. The molecule has 4 rings (SSSR count). The van der Waals surface area contributed by atoms with Gasteiger partial charge in [0.1, 0.15) is 11.6 Å². The number of rotatable bonds is 8. The average molecular weight is 503 g/mol. The lowest BCUT2D eigenvalue weighted by atomic mass is 9.74. The van der Waals surface area contributed by atoms with Crippen molar-refractivity contribution in [1.82, 2.24) is 14.8 Å².